The second-order valence-corrected chi connectivity index (χ2v) is 6.33. The van der Waals surface area contributed by atoms with Gasteiger partial charge in [0.05, 0.1) is 0 Å². The van der Waals surface area contributed by atoms with Crippen LogP contribution in [-0.4, -0.2) is 13.5 Å². The molecule has 20 heavy (non-hydrogen) atoms. The molecule has 0 aliphatic carbocycles. The van der Waals surface area contributed by atoms with Gasteiger partial charge < -0.3 is 9.29 Å². The number of aryl methyl sites for hydroxylation is 3. The SMILES string of the molecule is Cc1cc(O)cc(OS(=O)(=O)c2cc(C)ccc2C)c1. The summed E-state index contributed by atoms with van der Waals surface area (Å²) in [7, 11) is -3.91. The summed E-state index contributed by atoms with van der Waals surface area (Å²) in [4.78, 5) is 0.137. The number of phenols is 1. The van der Waals surface area contributed by atoms with E-state index in [0.717, 1.165) is 11.1 Å². The van der Waals surface area contributed by atoms with Gasteiger partial charge in [0.15, 0.2) is 0 Å². The van der Waals surface area contributed by atoms with Gasteiger partial charge in [0, 0.05) is 6.07 Å². The Balaban J connectivity index is 2.43. The summed E-state index contributed by atoms with van der Waals surface area (Å²) in [5.74, 6) is 0.0690. The van der Waals surface area contributed by atoms with Crippen molar-refractivity contribution in [3.05, 3.63) is 53.1 Å². The van der Waals surface area contributed by atoms with Crippen molar-refractivity contribution in [1.29, 1.82) is 0 Å². The van der Waals surface area contributed by atoms with Crippen molar-refractivity contribution >= 4 is 10.1 Å². The first-order chi connectivity index (χ1) is 9.28. The normalized spacial score (nSPS) is 11.3. The Kier molecular flexibility index (Phi) is 3.72. The van der Waals surface area contributed by atoms with Gasteiger partial charge in [0.1, 0.15) is 16.4 Å². The second kappa shape index (κ2) is 5.17. The number of aromatic hydroxyl groups is 1. The lowest BCUT2D eigenvalue weighted by Crippen LogP contribution is -2.11. The van der Waals surface area contributed by atoms with Crippen molar-refractivity contribution in [3.8, 4) is 11.5 Å². The van der Waals surface area contributed by atoms with Gasteiger partial charge in [-0.3, -0.25) is 0 Å². The molecule has 0 radical (unpaired) electrons. The lowest BCUT2D eigenvalue weighted by atomic mass is 10.2. The van der Waals surface area contributed by atoms with Crippen molar-refractivity contribution in [2.45, 2.75) is 25.7 Å². The molecule has 1 N–H and O–H groups in total. The first-order valence-electron chi connectivity index (χ1n) is 6.10. The van der Waals surface area contributed by atoms with Gasteiger partial charge in [0.2, 0.25) is 0 Å². The van der Waals surface area contributed by atoms with Crippen LogP contribution in [0.1, 0.15) is 16.7 Å². The third-order valence-electron chi connectivity index (χ3n) is 2.85. The van der Waals surface area contributed by atoms with Crippen LogP contribution in [0.2, 0.25) is 0 Å². The van der Waals surface area contributed by atoms with Gasteiger partial charge in [-0.1, -0.05) is 12.1 Å². The Hall–Kier alpha value is -2.01. The van der Waals surface area contributed by atoms with Crippen LogP contribution in [0.4, 0.5) is 0 Å². The van der Waals surface area contributed by atoms with Crippen LogP contribution in [0.25, 0.3) is 0 Å². The molecule has 2 rings (SSSR count). The third kappa shape index (κ3) is 3.11. The van der Waals surface area contributed by atoms with E-state index >= 15 is 0 Å². The monoisotopic (exact) mass is 292 g/mol. The predicted octanol–water partition coefficient (Wildman–Crippen LogP) is 3.09. The Bertz CT molecular complexity index is 728. The molecule has 0 bridgehead atoms. The lowest BCUT2D eigenvalue weighted by molar-refractivity contribution is 0.462. The fourth-order valence-electron chi connectivity index (χ4n) is 1.92. The summed E-state index contributed by atoms with van der Waals surface area (Å²) in [5, 5.41) is 9.49. The highest BCUT2D eigenvalue weighted by Crippen LogP contribution is 2.26. The average molecular weight is 292 g/mol. The van der Waals surface area contributed by atoms with E-state index in [0.29, 0.717) is 5.56 Å². The fourth-order valence-corrected chi connectivity index (χ4v) is 3.16. The third-order valence-corrected chi connectivity index (χ3v) is 4.24. The number of hydrogen-bond donors (Lipinski definition) is 1. The van der Waals surface area contributed by atoms with Gasteiger partial charge in [-0.25, -0.2) is 0 Å². The molecule has 2 aromatic carbocycles. The zero-order valence-corrected chi connectivity index (χ0v) is 12.4. The van der Waals surface area contributed by atoms with E-state index in [1.54, 1.807) is 32.0 Å². The van der Waals surface area contributed by atoms with E-state index < -0.39 is 10.1 Å². The molecule has 0 saturated carbocycles. The smallest absolute Gasteiger partial charge is 0.339 e. The molecule has 0 aromatic heterocycles. The van der Waals surface area contributed by atoms with Crippen molar-refractivity contribution in [2.24, 2.45) is 0 Å². The standard InChI is InChI=1S/C15H16O4S/c1-10-4-5-12(3)15(8-10)20(17,18)19-14-7-11(2)6-13(16)9-14/h4-9,16H,1-3H3. The lowest BCUT2D eigenvalue weighted by Gasteiger charge is -2.11. The Labute approximate surface area is 118 Å². The average Bonchev–Trinajstić information content (AvgIpc) is 2.30. The summed E-state index contributed by atoms with van der Waals surface area (Å²) in [6.07, 6.45) is 0. The van der Waals surface area contributed by atoms with E-state index in [1.807, 2.05) is 13.0 Å². The molecule has 106 valence electrons. The molecule has 0 spiro atoms. The summed E-state index contributed by atoms with van der Waals surface area (Å²) >= 11 is 0. The van der Waals surface area contributed by atoms with Gasteiger partial charge in [-0.2, -0.15) is 8.42 Å². The second-order valence-electron chi connectivity index (χ2n) is 4.81. The van der Waals surface area contributed by atoms with Gasteiger partial charge in [-0.05, 0) is 55.7 Å². The van der Waals surface area contributed by atoms with Crippen LogP contribution >= 0.6 is 0 Å². The minimum Gasteiger partial charge on any atom is -0.508 e. The molecular weight excluding hydrogens is 276 g/mol. The van der Waals surface area contributed by atoms with Crippen LogP contribution in [0.15, 0.2) is 41.3 Å². The molecular formula is C15H16O4S. The molecule has 0 fully saturated rings. The molecule has 0 unspecified atom stereocenters. The van der Waals surface area contributed by atoms with E-state index in [9.17, 15) is 13.5 Å². The molecule has 2 aromatic rings. The van der Waals surface area contributed by atoms with E-state index in [-0.39, 0.29) is 16.4 Å². The predicted molar refractivity (Wildman–Crippen MR) is 76.6 cm³/mol. The fraction of sp³-hybridized carbons (Fsp3) is 0.200. The van der Waals surface area contributed by atoms with E-state index in [2.05, 4.69) is 0 Å². The number of rotatable bonds is 3. The maximum absolute atomic E-state index is 12.3. The summed E-state index contributed by atoms with van der Waals surface area (Å²) in [6, 6.07) is 9.50. The van der Waals surface area contributed by atoms with Crippen LogP contribution in [0.3, 0.4) is 0 Å². The molecule has 4 nitrogen and oxygen atoms in total. The molecule has 0 aliphatic rings. The minimum absolute atomic E-state index is 0.0313. The van der Waals surface area contributed by atoms with Crippen LogP contribution in [0.5, 0.6) is 11.5 Å². The van der Waals surface area contributed by atoms with Crippen LogP contribution < -0.4 is 4.18 Å². The van der Waals surface area contributed by atoms with E-state index in [1.165, 1.54) is 12.1 Å². The topological polar surface area (TPSA) is 63.6 Å². The Morgan fingerprint density at radius 2 is 1.65 bits per heavy atom. The zero-order chi connectivity index (χ0) is 14.9. The zero-order valence-electron chi connectivity index (χ0n) is 11.5. The molecule has 0 saturated heterocycles. The van der Waals surface area contributed by atoms with Crippen molar-refractivity contribution in [3.63, 3.8) is 0 Å². The highest BCUT2D eigenvalue weighted by molar-refractivity contribution is 7.87. The van der Waals surface area contributed by atoms with Gasteiger partial charge >= 0.3 is 10.1 Å². The van der Waals surface area contributed by atoms with Crippen LogP contribution in [0, 0.1) is 20.8 Å². The largest absolute Gasteiger partial charge is 0.508 e. The highest BCUT2D eigenvalue weighted by Gasteiger charge is 2.19. The number of benzene rings is 2. The van der Waals surface area contributed by atoms with Crippen molar-refractivity contribution in [2.75, 3.05) is 0 Å². The van der Waals surface area contributed by atoms with Crippen molar-refractivity contribution < 1.29 is 17.7 Å². The first kappa shape index (κ1) is 14.4. The van der Waals surface area contributed by atoms with Crippen molar-refractivity contribution in [1.82, 2.24) is 0 Å². The highest BCUT2D eigenvalue weighted by atomic mass is 32.2. The molecule has 0 amide bonds. The maximum atomic E-state index is 12.3. The molecule has 0 aliphatic heterocycles. The Morgan fingerprint density at radius 3 is 2.30 bits per heavy atom. The molecule has 0 atom stereocenters. The summed E-state index contributed by atoms with van der Waals surface area (Å²) in [6.45, 7) is 5.28. The quantitative estimate of drug-likeness (QED) is 0.883. The van der Waals surface area contributed by atoms with E-state index in [4.69, 9.17) is 4.18 Å². The number of hydrogen-bond acceptors (Lipinski definition) is 4. The summed E-state index contributed by atoms with van der Waals surface area (Å²) < 4.78 is 29.7. The molecule has 0 heterocycles. The minimum atomic E-state index is -3.91. The van der Waals surface area contributed by atoms with Crippen LogP contribution in [-0.2, 0) is 10.1 Å². The number of phenolic OH excluding ortho intramolecular Hbond substituents is 1. The Morgan fingerprint density at radius 1 is 0.950 bits per heavy atom. The maximum Gasteiger partial charge on any atom is 0.339 e. The van der Waals surface area contributed by atoms with Gasteiger partial charge in [0.25, 0.3) is 0 Å². The first-order valence-corrected chi connectivity index (χ1v) is 7.51. The summed E-state index contributed by atoms with van der Waals surface area (Å²) in [5.41, 5.74) is 2.17. The van der Waals surface area contributed by atoms with Gasteiger partial charge in [-0.15, -0.1) is 0 Å². The molecule has 5 heteroatoms.